The van der Waals surface area contributed by atoms with E-state index in [-0.39, 0.29) is 0 Å². The van der Waals surface area contributed by atoms with Crippen molar-refractivity contribution in [1.29, 1.82) is 0 Å². The van der Waals surface area contributed by atoms with Gasteiger partial charge in [-0.1, -0.05) is 20.8 Å². The lowest BCUT2D eigenvalue weighted by Gasteiger charge is -2.35. The summed E-state index contributed by atoms with van der Waals surface area (Å²) in [4.78, 5) is 2.61. The van der Waals surface area contributed by atoms with E-state index in [0.717, 1.165) is 25.7 Å². The zero-order chi connectivity index (χ0) is 14.1. The second-order valence-electron chi connectivity index (χ2n) is 6.39. The van der Waals surface area contributed by atoms with Crippen LogP contribution in [0.4, 0.5) is 0 Å². The van der Waals surface area contributed by atoms with Crippen LogP contribution in [0.5, 0.6) is 0 Å². The largest absolute Gasteiger partial charge is 0.380 e. The van der Waals surface area contributed by atoms with Crippen molar-refractivity contribution in [1.82, 2.24) is 10.2 Å². The fourth-order valence-corrected chi connectivity index (χ4v) is 2.84. The Morgan fingerprint density at radius 2 is 1.89 bits per heavy atom. The summed E-state index contributed by atoms with van der Waals surface area (Å²) in [6.45, 7) is 15.6. The second kappa shape index (κ2) is 9.73. The molecule has 0 aliphatic carbocycles. The van der Waals surface area contributed by atoms with Crippen molar-refractivity contribution >= 4 is 0 Å². The molecule has 114 valence electrons. The van der Waals surface area contributed by atoms with Gasteiger partial charge in [-0.2, -0.15) is 0 Å². The number of rotatable bonds is 9. The normalized spacial score (nSPS) is 20.1. The van der Waals surface area contributed by atoms with Crippen LogP contribution < -0.4 is 5.32 Å². The molecule has 3 heteroatoms. The highest BCUT2D eigenvalue weighted by Crippen LogP contribution is 2.20. The summed E-state index contributed by atoms with van der Waals surface area (Å²) in [6, 6.07) is 0.631. The predicted molar refractivity (Wildman–Crippen MR) is 82.6 cm³/mol. The van der Waals surface area contributed by atoms with Gasteiger partial charge in [0.1, 0.15) is 0 Å². The summed E-state index contributed by atoms with van der Waals surface area (Å²) in [5.41, 5.74) is 0. The molecule has 19 heavy (non-hydrogen) atoms. The average Bonchev–Trinajstić information content (AvgIpc) is 2.39. The molecule has 0 aromatic carbocycles. The lowest BCUT2D eigenvalue weighted by molar-refractivity contribution is 0.105. The van der Waals surface area contributed by atoms with Crippen molar-refractivity contribution in [3.05, 3.63) is 0 Å². The Morgan fingerprint density at radius 3 is 2.47 bits per heavy atom. The van der Waals surface area contributed by atoms with Gasteiger partial charge in [0.2, 0.25) is 0 Å². The van der Waals surface area contributed by atoms with E-state index in [9.17, 15) is 0 Å². The third kappa shape index (κ3) is 7.28. The highest BCUT2D eigenvalue weighted by atomic mass is 16.5. The Labute approximate surface area is 120 Å². The first-order valence-electron chi connectivity index (χ1n) is 8.17. The molecule has 1 fully saturated rings. The molecule has 1 rings (SSSR count). The summed E-state index contributed by atoms with van der Waals surface area (Å²) in [6.07, 6.45) is 3.98. The third-order valence-corrected chi connectivity index (χ3v) is 4.04. The number of nitrogens with one attached hydrogen (secondary N) is 1. The molecule has 1 heterocycles. The van der Waals surface area contributed by atoms with Crippen LogP contribution in [0.1, 0.15) is 47.0 Å². The quantitative estimate of drug-likeness (QED) is 0.652. The Balaban J connectivity index is 2.05. The standard InChI is InChI=1S/C16H34N2O/c1-5-9-18-10-6-16(7-11-18)15(4)17-8-12-19-13-14(2)3/h14-17H,5-13H2,1-4H3. The van der Waals surface area contributed by atoms with Gasteiger partial charge in [-0.25, -0.2) is 0 Å². The van der Waals surface area contributed by atoms with Gasteiger partial charge in [0.15, 0.2) is 0 Å². The minimum Gasteiger partial charge on any atom is -0.380 e. The molecule has 1 aliphatic rings. The number of piperidine rings is 1. The van der Waals surface area contributed by atoms with Gasteiger partial charge >= 0.3 is 0 Å². The summed E-state index contributed by atoms with van der Waals surface area (Å²) in [5.74, 6) is 1.48. The van der Waals surface area contributed by atoms with Crippen molar-refractivity contribution in [3.63, 3.8) is 0 Å². The van der Waals surface area contributed by atoms with Crippen molar-refractivity contribution < 1.29 is 4.74 Å². The smallest absolute Gasteiger partial charge is 0.0591 e. The second-order valence-corrected chi connectivity index (χ2v) is 6.39. The summed E-state index contributed by atoms with van der Waals surface area (Å²) >= 11 is 0. The molecule has 1 unspecified atom stereocenters. The lowest BCUT2D eigenvalue weighted by atomic mass is 9.90. The van der Waals surface area contributed by atoms with E-state index in [0.29, 0.717) is 12.0 Å². The van der Waals surface area contributed by atoms with E-state index in [4.69, 9.17) is 4.74 Å². The zero-order valence-corrected chi connectivity index (χ0v) is 13.5. The fourth-order valence-electron chi connectivity index (χ4n) is 2.84. The van der Waals surface area contributed by atoms with Crippen LogP contribution in [0, 0.1) is 11.8 Å². The van der Waals surface area contributed by atoms with Gasteiger partial charge < -0.3 is 15.0 Å². The van der Waals surface area contributed by atoms with E-state index in [1.807, 2.05) is 0 Å². The molecule has 0 aromatic heterocycles. The number of hydrogen-bond donors (Lipinski definition) is 1. The van der Waals surface area contributed by atoms with Gasteiger partial charge in [-0.05, 0) is 57.7 Å². The first-order chi connectivity index (χ1) is 9.13. The number of nitrogens with zero attached hydrogens (tertiary/aromatic N) is 1. The van der Waals surface area contributed by atoms with E-state index >= 15 is 0 Å². The van der Waals surface area contributed by atoms with E-state index in [1.54, 1.807) is 0 Å². The summed E-state index contributed by atoms with van der Waals surface area (Å²) < 4.78 is 5.61. The maximum absolute atomic E-state index is 5.61. The minimum atomic E-state index is 0.631. The topological polar surface area (TPSA) is 24.5 Å². The molecule has 1 saturated heterocycles. The van der Waals surface area contributed by atoms with E-state index < -0.39 is 0 Å². The number of likely N-dealkylation sites (tertiary alicyclic amines) is 1. The Hall–Kier alpha value is -0.120. The van der Waals surface area contributed by atoms with Crippen LogP contribution in [-0.4, -0.2) is 50.3 Å². The Kier molecular flexibility index (Phi) is 8.67. The third-order valence-electron chi connectivity index (χ3n) is 4.04. The van der Waals surface area contributed by atoms with Gasteiger partial charge in [0, 0.05) is 19.2 Å². The van der Waals surface area contributed by atoms with Gasteiger partial charge in [0.25, 0.3) is 0 Å². The molecule has 0 amide bonds. The van der Waals surface area contributed by atoms with Crippen LogP contribution in [-0.2, 0) is 4.74 Å². The van der Waals surface area contributed by atoms with Crippen LogP contribution in [0.25, 0.3) is 0 Å². The molecule has 0 bridgehead atoms. The number of hydrogen-bond acceptors (Lipinski definition) is 3. The van der Waals surface area contributed by atoms with Gasteiger partial charge in [-0.3, -0.25) is 0 Å². The predicted octanol–water partition coefficient (Wildman–Crippen LogP) is 2.76. The molecule has 1 N–H and O–H groups in total. The molecule has 3 nitrogen and oxygen atoms in total. The monoisotopic (exact) mass is 270 g/mol. The summed E-state index contributed by atoms with van der Waals surface area (Å²) in [5, 5.41) is 3.63. The molecule has 0 radical (unpaired) electrons. The van der Waals surface area contributed by atoms with Crippen molar-refractivity contribution in [2.75, 3.05) is 39.4 Å². The van der Waals surface area contributed by atoms with Gasteiger partial charge in [-0.15, -0.1) is 0 Å². The highest BCUT2D eigenvalue weighted by Gasteiger charge is 2.22. The maximum atomic E-state index is 5.61. The average molecular weight is 270 g/mol. The van der Waals surface area contributed by atoms with Crippen molar-refractivity contribution in [2.45, 2.75) is 53.0 Å². The fraction of sp³-hybridized carbons (Fsp3) is 1.00. The van der Waals surface area contributed by atoms with Crippen LogP contribution in [0.15, 0.2) is 0 Å². The van der Waals surface area contributed by atoms with Gasteiger partial charge in [0.05, 0.1) is 6.61 Å². The number of ether oxygens (including phenoxy) is 1. The van der Waals surface area contributed by atoms with Crippen LogP contribution >= 0.6 is 0 Å². The molecule has 0 saturated carbocycles. The highest BCUT2D eigenvalue weighted by molar-refractivity contribution is 4.79. The lowest BCUT2D eigenvalue weighted by Crippen LogP contribution is -2.43. The van der Waals surface area contributed by atoms with E-state index in [2.05, 4.69) is 37.9 Å². The first-order valence-corrected chi connectivity index (χ1v) is 8.17. The van der Waals surface area contributed by atoms with Crippen LogP contribution in [0.3, 0.4) is 0 Å². The molecular weight excluding hydrogens is 236 g/mol. The minimum absolute atomic E-state index is 0.631. The Morgan fingerprint density at radius 1 is 1.21 bits per heavy atom. The molecule has 1 atom stereocenters. The molecule has 0 aromatic rings. The molecular formula is C16H34N2O. The van der Waals surface area contributed by atoms with Crippen molar-refractivity contribution in [2.24, 2.45) is 11.8 Å². The summed E-state index contributed by atoms with van der Waals surface area (Å²) in [7, 11) is 0. The van der Waals surface area contributed by atoms with Crippen LogP contribution in [0.2, 0.25) is 0 Å². The van der Waals surface area contributed by atoms with E-state index in [1.165, 1.54) is 38.9 Å². The molecule has 1 aliphatic heterocycles. The van der Waals surface area contributed by atoms with Crippen molar-refractivity contribution in [3.8, 4) is 0 Å². The maximum Gasteiger partial charge on any atom is 0.0591 e. The SMILES string of the molecule is CCCN1CCC(C(C)NCCOCC(C)C)CC1. The Bertz CT molecular complexity index is 213. The zero-order valence-electron chi connectivity index (χ0n) is 13.5. The molecule has 0 spiro atoms. The first kappa shape index (κ1) is 16.9.